The van der Waals surface area contributed by atoms with Crippen molar-refractivity contribution in [3.05, 3.63) is 59.7 Å². The van der Waals surface area contributed by atoms with Crippen LogP contribution in [0.2, 0.25) is 0 Å². The molecule has 1 fully saturated rings. The average molecular weight is 479 g/mol. The van der Waals surface area contributed by atoms with Gasteiger partial charge in [-0.3, -0.25) is 4.79 Å². The van der Waals surface area contributed by atoms with E-state index in [1.807, 2.05) is 24.3 Å². The van der Waals surface area contributed by atoms with Gasteiger partial charge in [-0.1, -0.05) is 75.2 Å². The van der Waals surface area contributed by atoms with E-state index in [9.17, 15) is 19.5 Å². The lowest BCUT2D eigenvalue weighted by Crippen LogP contribution is -2.58. The minimum absolute atomic E-state index is 0.0449. The van der Waals surface area contributed by atoms with Crippen LogP contribution in [0.1, 0.15) is 63.5 Å². The van der Waals surface area contributed by atoms with Crippen molar-refractivity contribution in [2.75, 3.05) is 6.61 Å². The Morgan fingerprint density at radius 3 is 2.20 bits per heavy atom. The molecule has 0 saturated heterocycles. The number of carbonyl (C=O) groups excluding carboxylic acids is 2. The molecule has 0 aliphatic heterocycles. The number of aliphatic carboxylic acids is 1. The lowest BCUT2D eigenvalue weighted by atomic mass is 9.70. The first-order chi connectivity index (χ1) is 16.7. The zero-order chi connectivity index (χ0) is 25.2. The molecule has 7 heteroatoms. The first-order valence-electron chi connectivity index (χ1n) is 12.4. The van der Waals surface area contributed by atoms with Gasteiger partial charge in [-0.25, -0.2) is 9.59 Å². The van der Waals surface area contributed by atoms with Gasteiger partial charge in [-0.05, 0) is 47.9 Å². The summed E-state index contributed by atoms with van der Waals surface area (Å²) in [6.07, 6.45) is 2.36. The van der Waals surface area contributed by atoms with Gasteiger partial charge >= 0.3 is 12.1 Å². The Labute approximate surface area is 206 Å². The van der Waals surface area contributed by atoms with Crippen LogP contribution in [0.4, 0.5) is 4.79 Å². The van der Waals surface area contributed by atoms with Gasteiger partial charge in [0.2, 0.25) is 5.91 Å². The van der Waals surface area contributed by atoms with Crippen molar-refractivity contribution in [2.45, 2.75) is 64.5 Å². The molecular weight excluding hydrogens is 444 g/mol. The highest BCUT2D eigenvalue weighted by Crippen LogP contribution is 2.44. The third-order valence-electron chi connectivity index (χ3n) is 7.58. The Morgan fingerprint density at radius 1 is 1.03 bits per heavy atom. The van der Waals surface area contributed by atoms with Crippen LogP contribution in [0.5, 0.6) is 0 Å². The van der Waals surface area contributed by atoms with Crippen LogP contribution in [0.3, 0.4) is 0 Å². The molecule has 7 nitrogen and oxygen atoms in total. The SMILES string of the molecule is CC(C)C(NC(=O)C1(C)CCCCC1NC(=O)OCC1c2ccccc2-c2ccccc21)C(=O)O. The van der Waals surface area contributed by atoms with Gasteiger partial charge in [0.15, 0.2) is 0 Å². The summed E-state index contributed by atoms with van der Waals surface area (Å²) in [6, 6.07) is 14.9. The van der Waals surface area contributed by atoms with Crippen molar-refractivity contribution in [2.24, 2.45) is 11.3 Å². The minimum Gasteiger partial charge on any atom is -0.480 e. The number of carbonyl (C=O) groups is 3. The molecule has 3 unspecified atom stereocenters. The lowest BCUT2D eigenvalue weighted by molar-refractivity contribution is -0.146. The number of fused-ring (bicyclic) bond motifs is 3. The fraction of sp³-hybridized carbons (Fsp3) is 0.464. The summed E-state index contributed by atoms with van der Waals surface area (Å²) in [6.45, 7) is 5.52. The maximum atomic E-state index is 13.2. The molecule has 2 amide bonds. The number of carboxylic acids is 1. The third-order valence-corrected chi connectivity index (χ3v) is 7.58. The summed E-state index contributed by atoms with van der Waals surface area (Å²) < 4.78 is 5.70. The van der Waals surface area contributed by atoms with E-state index in [4.69, 9.17) is 4.74 Å². The number of alkyl carbamates (subject to hydrolysis) is 1. The number of carboxylic acid groups (broad SMARTS) is 1. The second kappa shape index (κ2) is 10.1. The van der Waals surface area contributed by atoms with Crippen molar-refractivity contribution in [3.8, 4) is 11.1 Å². The standard InChI is InChI=1S/C28H34N2O5/c1-17(2)24(25(31)32)30-26(33)28(3)15-9-8-14-23(28)29-27(34)35-16-22-20-12-6-4-10-18(20)19-11-5-7-13-21(19)22/h4-7,10-13,17,22-24H,8-9,14-16H2,1-3H3,(H,29,34)(H,30,33)(H,31,32). The first kappa shape index (κ1) is 24.8. The molecule has 186 valence electrons. The molecule has 3 N–H and O–H groups in total. The molecule has 3 atom stereocenters. The van der Waals surface area contributed by atoms with E-state index in [0.717, 1.165) is 35.1 Å². The number of nitrogens with one attached hydrogen (secondary N) is 2. The van der Waals surface area contributed by atoms with Crippen molar-refractivity contribution in [1.82, 2.24) is 10.6 Å². The van der Waals surface area contributed by atoms with E-state index in [-0.39, 0.29) is 24.3 Å². The van der Waals surface area contributed by atoms with Crippen molar-refractivity contribution >= 4 is 18.0 Å². The van der Waals surface area contributed by atoms with Crippen LogP contribution in [0.15, 0.2) is 48.5 Å². The molecule has 0 bridgehead atoms. The van der Waals surface area contributed by atoms with E-state index < -0.39 is 29.6 Å². The molecule has 0 radical (unpaired) electrons. The van der Waals surface area contributed by atoms with E-state index in [0.29, 0.717) is 12.8 Å². The predicted molar refractivity (Wildman–Crippen MR) is 133 cm³/mol. The highest BCUT2D eigenvalue weighted by molar-refractivity contribution is 5.88. The number of hydrogen-bond acceptors (Lipinski definition) is 4. The molecule has 1 saturated carbocycles. The zero-order valence-electron chi connectivity index (χ0n) is 20.5. The molecule has 0 spiro atoms. The maximum absolute atomic E-state index is 13.2. The minimum atomic E-state index is -1.06. The largest absolute Gasteiger partial charge is 0.480 e. The van der Waals surface area contributed by atoms with E-state index in [1.54, 1.807) is 20.8 Å². The van der Waals surface area contributed by atoms with Crippen LogP contribution >= 0.6 is 0 Å². The summed E-state index contributed by atoms with van der Waals surface area (Å²) in [5.41, 5.74) is 3.68. The van der Waals surface area contributed by atoms with Gasteiger partial charge in [-0.2, -0.15) is 0 Å². The van der Waals surface area contributed by atoms with Crippen LogP contribution in [0.25, 0.3) is 11.1 Å². The van der Waals surface area contributed by atoms with E-state index >= 15 is 0 Å². The third kappa shape index (κ3) is 4.90. The van der Waals surface area contributed by atoms with Gasteiger partial charge in [-0.15, -0.1) is 0 Å². The Morgan fingerprint density at radius 2 is 1.63 bits per heavy atom. The highest BCUT2D eigenvalue weighted by atomic mass is 16.5. The number of benzene rings is 2. The van der Waals surface area contributed by atoms with Crippen molar-refractivity contribution in [1.29, 1.82) is 0 Å². The summed E-state index contributed by atoms with van der Waals surface area (Å²) in [5.74, 6) is -1.70. The average Bonchev–Trinajstić information content (AvgIpc) is 3.16. The Kier molecular flexibility index (Phi) is 7.15. The molecule has 4 rings (SSSR count). The number of amides is 2. The Hall–Kier alpha value is -3.35. The predicted octanol–water partition coefficient (Wildman–Crippen LogP) is 4.70. The molecule has 2 aliphatic carbocycles. The topological polar surface area (TPSA) is 105 Å². The molecule has 0 aromatic heterocycles. The summed E-state index contributed by atoms with van der Waals surface area (Å²) in [5, 5.41) is 15.1. The highest BCUT2D eigenvalue weighted by Gasteiger charge is 2.45. The first-order valence-corrected chi connectivity index (χ1v) is 12.4. The second-order valence-electron chi connectivity index (χ2n) is 10.2. The number of rotatable bonds is 7. The Bertz CT molecular complexity index is 1070. The van der Waals surface area contributed by atoms with Gasteiger partial charge in [0.25, 0.3) is 0 Å². The van der Waals surface area contributed by atoms with Crippen molar-refractivity contribution in [3.63, 3.8) is 0 Å². The molecule has 2 aromatic carbocycles. The van der Waals surface area contributed by atoms with Crippen molar-refractivity contribution < 1.29 is 24.2 Å². The van der Waals surface area contributed by atoms with Crippen LogP contribution in [-0.2, 0) is 14.3 Å². The summed E-state index contributed by atoms with van der Waals surface area (Å²) in [4.78, 5) is 37.7. The maximum Gasteiger partial charge on any atom is 0.407 e. The van der Waals surface area contributed by atoms with Gasteiger partial charge in [0.1, 0.15) is 12.6 Å². The van der Waals surface area contributed by atoms with Gasteiger partial charge < -0.3 is 20.5 Å². The fourth-order valence-electron chi connectivity index (χ4n) is 5.44. The van der Waals surface area contributed by atoms with E-state index in [2.05, 4.69) is 34.9 Å². The van der Waals surface area contributed by atoms with Crippen LogP contribution < -0.4 is 10.6 Å². The quantitative estimate of drug-likeness (QED) is 0.535. The van der Waals surface area contributed by atoms with Gasteiger partial charge in [0.05, 0.1) is 5.41 Å². The molecular formula is C28H34N2O5. The zero-order valence-corrected chi connectivity index (χ0v) is 20.5. The molecule has 0 heterocycles. The monoisotopic (exact) mass is 478 g/mol. The van der Waals surface area contributed by atoms with Crippen LogP contribution in [-0.4, -0.2) is 41.8 Å². The normalized spacial score (nSPS) is 22.1. The number of ether oxygens (including phenoxy) is 1. The molecule has 2 aromatic rings. The summed E-state index contributed by atoms with van der Waals surface area (Å²) in [7, 11) is 0. The molecule has 35 heavy (non-hydrogen) atoms. The fourth-order valence-corrected chi connectivity index (χ4v) is 5.44. The molecule has 2 aliphatic rings. The van der Waals surface area contributed by atoms with Gasteiger partial charge in [0, 0.05) is 12.0 Å². The van der Waals surface area contributed by atoms with E-state index in [1.165, 1.54) is 0 Å². The number of hydrogen-bond donors (Lipinski definition) is 3. The summed E-state index contributed by atoms with van der Waals surface area (Å²) >= 11 is 0. The second-order valence-corrected chi connectivity index (χ2v) is 10.2. The smallest absolute Gasteiger partial charge is 0.407 e. The Balaban J connectivity index is 1.43. The van der Waals surface area contributed by atoms with Crippen LogP contribution in [0, 0.1) is 11.3 Å². The lowest BCUT2D eigenvalue weighted by Gasteiger charge is -2.41.